The van der Waals surface area contributed by atoms with Gasteiger partial charge in [0.25, 0.3) is 0 Å². The smallest absolute Gasteiger partial charge is 0.236 e. The maximum atomic E-state index is 13.3. The Morgan fingerprint density at radius 1 is 1.04 bits per heavy atom. The van der Waals surface area contributed by atoms with Crippen LogP contribution in [0.15, 0.2) is 24.3 Å². The van der Waals surface area contributed by atoms with Crippen LogP contribution in [-0.2, 0) is 14.4 Å². The molecule has 5 heteroatoms. The van der Waals surface area contributed by atoms with E-state index in [4.69, 9.17) is 0 Å². The number of imide groups is 1. The average molecular weight is 366 g/mol. The molecule has 3 aliphatic rings. The number of rotatable bonds is 1. The van der Waals surface area contributed by atoms with Crippen molar-refractivity contribution in [1.29, 1.82) is 0 Å². The molecule has 4 rings (SSSR count). The molecule has 1 aromatic carbocycles. The minimum atomic E-state index is -0.615. The lowest BCUT2D eigenvalue weighted by atomic mass is 9.87. The Morgan fingerprint density at radius 3 is 2.26 bits per heavy atom. The standard InChI is InChI=1S/C22H26N2O3/c1-11-7-8-15-14(9-11)12(2)10-16-17-18(19(13(3)25)23(15)16)21(27)24(20(17)26)22(4,5)6/h7-10,16-19H,1-6H3. The van der Waals surface area contributed by atoms with E-state index in [1.165, 1.54) is 11.8 Å². The number of carbonyl (C=O) groups excluding carboxylic acids is 3. The number of allylic oxidation sites excluding steroid dienone is 1. The van der Waals surface area contributed by atoms with Gasteiger partial charge in [0.05, 0.1) is 17.9 Å². The number of amides is 2. The van der Waals surface area contributed by atoms with Gasteiger partial charge < -0.3 is 4.90 Å². The molecule has 5 nitrogen and oxygen atoms in total. The second kappa shape index (κ2) is 5.54. The van der Waals surface area contributed by atoms with Crippen molar-refractivity contribution in [2.45, 2.75) is 59.2 Å². The number of hydrogen-bond donors (Lipinski definition) is 0. The second-order valence-corrected chi connectivity index (χ2v) is 9.06. The summed E-state index contributed by atoms with van der Waals surface area (Å²) in [6.07, 6.45) is 2.07. The Kier molecular flexibility index (Phi) is 3.68. The topological polar surface area (TPSA) is 57.7 Å². The number of likely N-dealkylation sites (tertiary alicyclic amines) is 1. The molecule has 3 heterocycles. The lowest BCUT2D eigenvalue weighted by Gasteiger charge is -2.39. The van der Waals surface area contributed by atoms with Crippen molar-refractivity contribution < 1.29 is 14.4 Å². The molecular formula is C22H26N2O3. The SMILES string of the molecule is CC(=O)C1C2C(=O)N(C(C)(C)C)C(=O)C2C2C=C(C)c3cc(C)ccc3N21. The molecule has 2 saturated heterocycles. The normalized spacial score (nSPS) is 29.5. The van der Waals surface area contributed by atoms with E-state index in [-0.39, 0.29) is 23.6 Å². The Bertz CT molecular complexity index is 909. The van der Waals surface area contributed by atoms with Crippen molar-refractivity contribution in [3.8, 4) is 0 Å². The molecule has 2 fully saturated rings. The third-order valence-corrected chi connectivity index (χ3v) is 6.09. The molecule has 2 amide bonds. The highest BCUT2D eigenvalue weighted by Gasteiger charge is 2.64. The summed E-state index contributed by atoms with van der Waals surface area (Å²) in [6, 6.07) is 5.28. The van der Waals surface area contributed by atoms with Gasteiger partial charge in [-0.1, -0.05) is 17.7 Å². The molecule has 0 aromatic heterocycles. The first-order valence-corrected chi connectivity index (χ1v) is 9.50. The molecule has 4 atom stereocenters. The van der Waals surface area contributed by atoms with Crippen LogP contribution in [-0.4, -0.2) is 40.1 Å². The van der Waals surface area contributed by atoms with E-state index in [1.54, 1.807) is 0 Å². The van der Waals surface area contributed by atoms with Gasteiger partial charge in [0, 0.05) is 16.8 Å². The number of hydrogen-bond acceptors (Lipinski definition) is 4. The van der Waals surface area contributed by atoms with Crippen LogP contribution in [0.25, 0.3) is 5.57 Å². The highest BCUT2D eigenvalue weighted by atomic mass is 16.2. The molecule has 0 N–H and O–H groups in total. The van der Waals surface area contributed by atoms with Crippen LogP contribution in [0.1, 0.15) is 45.7 Å². The first kappa shape index (κ1) is 18.0. The van der Waals surface area contributed by atoms with Gasteiger partial charge >= 0.3 is 0 Å². The minimum Gasteiger partial charge on any atom is -0.353 e. The lowest BCUT2D eigenvalue weighted by molar-refractivity contribution is -0.146. The predicted molar refractivity (Wildman–Crippen MR) is 104 cm³/mol. The number of fused-ring (bicyclic) bond motifs is 5. The average Bonchev–Trinajstić information content (AvgIpc) is 3.01. The maximum Gasteiger partial charge on any atom is 0.236 e. The van der Waals surface area contributed by atoms with Crippen molar-refractivity contribution in [2.75, 3.05) is 4.90 Å². The highest BCUT2D eigenvalue weighted by molar-refractivity contribution is 6.11. The molecule has 4 unspecified atom stereocenters. The van der Waals surface area contributed by atoms with Crippen LogP contribution in [0.2, 0.25) is 0 Å². The van der Waals surface area contributed by atoms with Gasteiger partial charge in [0.2, 0.25) is 11.8 Å². The van der Waals surface area contributed by atoms with E-state index < -0.39 is 23.4 Å². The van der Waals surface area contributed by atoms with Crippen LogP contribution >= 0.6 is 0 Å². The predicted octanol–water partition coefficient (Wildman–Crippen LogP) is 2.96. The number of anilines is 1. The summed E-state index contributed by atoms with van der Waals surface area (Å²) < 4.78 is 0. The largest absolute Gasteiger partial charge is 0.353 e. The summed E-state index contributed by atoms with van der Waals surface area (Å²) in [4.78, 5) is 42.6. The zero-order valence-corrected chi connectivity index (χ0v) is 16.7. The zero-order chi connectivity index (χ0) is 19.8. The Labute approximate surface area is 160 Å². The van der Waals surface area contributed by atoms with Gasteiger partial charge in [-0.15, -0.1) is 0 Å². The number of benzene rings is 1. The van der Waals surface area contributed by atoms with Crippen molar-refractivity contribution in [2.24, 2.45) is 11.8 Å². The summed E-state index contributed by atoms with van der Waals surface area (Å²) in [5.41, 5.74) is 3.66. The van der Waals surface area contributed by atoms with Crippen LogP contribution in [0.4, 0.5) is 5.69 Å². The summed E-state index contributed by atoms with van der Waals surface area (Å²) >= 11 is 0. The zero-order valence-electron chi connectivity index (χ0n) is 16.7. The molecular weight excluding hydrogens is 340 g/mol. The number of ketones is 1. The van der Waals surface area contributed by atoms with Crippen molar-refractivity contribution in [1.82, 2.24) is 4.90 Å². The van der Waals surface area contributed by atoms with Gasteiger partial charge in [0.15, 0.2) is 5.78 Å². The van der Waals surface area contributed by atoms with E-state index in [1.807, 2.05) is 51.7 Å². The molecule has 0 bridgehead atoms. The van der Waals surface area contributed by atoms with Gasteiger partial charge in [-0.3, -0.25) is 19.3 Å². The molecule has 0 saturated carbocycles. The summed E-state index contributed by atoms with van der Waals surface area (Å²) in [5, 5.41) is 0. The fraction of sp³-hybridized carbons (Fsp3) is 0.500. The third-order valence-electron chi connectivity index (χ3n) is 6.09. The number of carbonyl (C=O) groups is 3. The van der Waals surface area contributed by atoms with Gasteiger partial charge in [-0.25, -0.2) is 0 Å². The van der Waals surface area contributed by atoms with E-state index in [0.29, 0.717) is 0 Å². The minimum absolute atomic E-state index is 0.0658. The van der Waals surface area contributed by atoms with E-state index in [2.05, 4.69) is 12.1 Å². The van der Waals surface area contributed by atoms with Crippen LogP contribution in [0, 0.1) is 18.8 Å². The fourth-order valence-corrected chi connectivity index (χ4v) is 5.08. The van der Waals surface area contributed by atoms with E-state index in [9.17, 15) is 14.4 Å². The number of nitrogens with zero attached hydrogens (tertiary/aromatic N) is 2. The molecule has 0 spiro atoms. The molecule has 1 aromatic rings. The Balaban J connectivity index is 1.90. The third kappa shape index (κ3) is 2.33. The monoisotopic (exact) mass is 366 g/mol. The van der Waals surface area contributed by atoms with Gasteiger partial charge in [0.1, 0.15) is 6.04 Å². The van der Waals surface area contributed by atoms with Crippen LogP contribution in [0.3, 0.4) is 0 Å². The quantitative estimate of drug-likeness (QED) is 0.717. The van der Waals surface area contributed by atoms with E-state index in [0.717, 1.165) is 22.4 Å². The van der Waals surface area contributed by atoms with Gasteiger partial charge in [-0.2, -0.15) is 0 Å². The fourth-order valence-electron chi connectivity index (χ4n) is 5.08. The summed E-state index contributed by atoms with van der Waals surface area (Å²) in [6.45, 7) is 11.2. The number of aryl methyl sites for hydroxylation is 1. The summed E-state index contributed by atoms with van der Waals surface area (Å²) in [7, 11) is 0. The first-order valence-electron chi connectivity index (χ1n) is 9.50. The lowest BCUT2D eigenvalue weighted by Crippen LogP contribution is -2.52. The van der Waals surface area contributed by atoms with Crippen LogP contribution in [0.5, 0.6) is 0 Å². The maximum absolute atomic E-state index is 13.3. The molecule has 0 radical (unpaired) electrons. The molecule has 3 aliphatic heterocycles. The van der Waals surface area contributed by atoms with Crippen molar-refractivity contribution in [3.05, 3.63) is 35.4 Å². The number of Topliss-reactive ketones (excluding diaryl/α,β-unsaturated/α-hetero) is 1. The molecule has 27 heavy (non-hydrogen) atoms. The van der Waals surface area contributed by atoms with Gasteiger partial charge in [-0.05, 0) is 59.2 Å². The summed E-state index contributed by atoms with van der Waals surface area (Å²) in [5.74, 6) is -1.56. The van der Waals surface area contributed by atoms with Crippen molar-refractivity contribution in [3.63, 3.8) is 0 Å². The van der Waals surface area contributed by atoms with Crippen molar-refractivity contribution >= 4 is 28.9 Å². The second-order valence-electron chi connectivity index (χ2n) is 9.06. The highest BCUT2D eigenvalue weighted by Crippen LogP contribution is 2.51. The first-order chi connectivity index (χ1) is 12.5. The Morgan fingerprint density at radius 2 is 1.67 bits per heavy atom. The molecule has 0 aliphatic carbocycles. The van der Waals surface area contributed by atoms with Crippen LogP contribution < -0.4 is 4.90 Å². The Hall–Kier alpha value is -2.43. The molecule has 142 valence electrons. The van der Waals surface area contributed by atoms with E-state index >= 15 is 0 Å².